The second-order valence-corrected chi connectivity index (χ2v) is 9.17. The van der Waals surface area contributed by atoms with Gasteiger partial charge in [-0.15, -0.1) is 0 Å². The van der Waals surface area contributed by atoms with Gasteiger partial charge in [0.2, 0.25) is 5.88 Å². The number of hydrogen-bond acceptors (Lipinski definition) is 7. The van der Waals surface area contributed by atoms with E-state index in [2.05, 4.69) is 15.2 Å². The van der Waals surface area contributed by atoms with Crippen molar-refractivity contribution < 1.29 is 42.2 Å². The zero-order valence-corrected chi connectivity index (χ0v) is 20.5. The van der Waals surface area contributed by atoms with Crippen LogP contribution in [0.5, 0.6) is 5.88 Å². The third-order valence-corrected chi connectivity index (χ3v) is 6.46. The van der Waals surface area contributed by atoms with Gasteiger partial charge in [-0.25, -0.2) is 19.6 Å². The second kappa shape index (κ2) is 13.5. The van der Waals surface area contributed by atoms with Crippen molar-refractivity contribution in [3.8, 4) is 5.88 Å². The first-order chi connectivity index (χ1) is 18.1. The van der Waals surface area contributed by atoms with E-state index in [0.29, 0.717) is 30.4 Å². The number of carboxylic acids is 1. The summed E-state index contributed by atoms with van der Waals surface area (Å²) >= 11 is 0. The molecule has 4 rings (SSSR count). The molecular weight excluding hydrogens is 512 g/mol. The lowest BCUT2D eigenvalue weighted by Crippen LogP contribution is -2.39. The number of alkyl halides is 3. The average Bonchev–Trinajstić information content (AvgIpc) is 3.68. The van der Waals surface area contributed by atoms with Crippen LogP contribution in [0.2, 0.25) is 0 Å². The highest BCUT2D eigenvalue weighted by atomic mass is 19.4. The Balaban J connectivity index is 0.000000505. The maximum atomic E-state index is 13.1. The number of likely N-dealkylation sites (tertiary alicyclic amines) is 1. The van der Waals surface area contributed by atoms with Crippen molar-refractivity contribution in [1.82, 2.24) is 20.7 Å². The van der Waals surface area contributed by atoms with Gasteiger partial charge < -0.3 is 15.2 Å². The number of hydrogen-bond donors (Lipinski definition) is 4. The van der Waals surface area contributed by atoms with E-state index in [9.17, 15) is 22.4 Å². The predicted molar refractivity (Wildman–Crippen MR) is 127 cm³/mol. The average molecular weight is 543 g/mol. The van der Waals surface area contributed by atoms with Crippen molar-refractivity contribution in [3.05, 3.63) is 59.5 Å². The Morgan fingerprint density at radius 2 is 1.76 bits per heavy atom. The number of aromatic nitrogens is 1. The lowest BCUT2D eigenvalue weighted by molar-refractivity contribution is -0.192. The number of halogens is 4. The molecule has 38 heavy (non-hydrogen) atoms. The summed E-state index contributed by atoms with van der Waals surface area (Å²) in [6.45, 7) is 4.55. The molecule has 1 aliphatic heterocycles. The highest BCUT2D eigenvalue weighted by Crippen LogP contribution is 2.41. The van der Waals surface area contributed by atoms with Gasteiger partial charge in [0.1, 0.15) is 12.4 Å². The van der Waals surface area contributed by atoms with Crippen molar-refractivity contribution in [2.24, 2.45) is 5.92 Å². The molecule has 2 atom stereocenters. The van der Waals surface area contributed by atoms with Gasteiger partial charge in [-0.3, -0.25) is 14.9 Å². The molecule has 208 valence electrons. The van der Waals surface area contributed by atoms with E-state index in [4.69, 9.17) is 19.8 Å². The molecule has 1 saturated carbocycles. The van der Waals surface area contributed by atoms with Crippen LogP contribution in [-0.2, 0) is 4.79 Å². The van der Waals surface area contributed by atoms with Gasteiger partial charge in [0.25, 0.3) is 5.91 Å². The van der Waals surface area contributed by atoms with Crippen molar-refractivity contribution in [2.45, 2.75) is 37.4 Å². The fourth-order valence-corrected chi connectivity index (χ4v) is 4.18. The second-order valence-electron chi connectivity index (χ2n) is 9.17. The first-order valence-corrected chi connectivity index (χ1v) is 12.1. The summed E-state index contributed by atoms with van der Waals surface area (Å²) in [4.78, 5) is 26.7. The number of nitrogens with zero attached hydrogens (tertiary/aromatic N) is 2. The van der Waals surface area contributed by atoms with E-state index in [1.807, 2.05) is 12.1 Å². The first kappa shape index (κ1) is 29.3. The van der Waals surface area contributed by atoms with E-state index >= 15 is 0 Å². The summed E-state index contributed by atoms with van der Waals surface area (Å²) in [5.41, 5.74) is 3.09. The lowest BCUT2D eigenvalue weighted by Gasteiger charge is -2.32. The van der Waals surface area contributed by atoms with Gasteiger partial charge in [0, 0.05) is 30.8 Å². The molecule has 0 radical (unpaired) electrons. The molecule has 2 fully saturated rings. The molecule has 2 heterocycles. The monoisotopic (exact) mass is 542 g/mol. The van der Waals surface area contributed by atoms with Crippen LogP contribution in [0.1, 0.15) is 41.1 Å². The number of pyridine rings is 1. The van der Waals surface area contributed by atoms with Gasteiger partial charge >= 0.3 is 12.1 Å². The standard InChI is InChI=1S/C23H29FN4O3.C2HF3O2/c24-19-4-1-17(2-5-19)20-13-21(20)25-14-16-7-9-28(10-8-16)11-12-31-22-6-3-18(15-26-22)23(29)27-30;3-2(4,5)1(6)7/h1-6,15-16,20-21,25,30H,7-14H2,(H,27,29);(H,6,7). The van der Waals surface area contributed by atoms with Crippen LogP contribution in [0.25, 0.3) is 0 Å². The quantitative estimate of drug-likeness (QED) is 0.216. The molecule has 4 N–H and O–H groups in total. The number of nitrogens with one attached hydrogen (secondary N) is 2. The summed E-state index contributed by atoms with van der Waals surface area (Å²) in [5.74, 6) is -1.84. The predicted octanol–water partition coefficient (Wildman–Crippen LogP) is 3.21. The van der Waals surface area contributed by atoms with Crippen LogP contribution in [0.15, 0.2) is 42.6 Å². The van der Waals surface area contributed by atoms with E-state index in [0.717, 1.165) is 32.6 Å². The summed E-state index contributed by atoms with van der Waals surface area (Å²) in [6.07, 6.45) is -0.226. The maximum Gasteiger partial charge on any atom is 0.490 e. The Kier molecular flexibility index (Phi) is 10.4. The number of carbonyl (C=O) groups excluding carboxylic acids is 1. The fourth-order valence-electron chi connectivity index (χ4n) is 4.18. The first-order valence-electron chi connectivity index (χ1n) is 12.1. The van der Waals surface area contributed by atoms with Gasteiger partial charge in [-0.05, 0) is 68.6 Å². The molecule has 1 saturated heterocycles. The summed E-state index contributed by atoms with van der Waals surface area (Å²) in [5, 5.41) is 19.4. The Morgan fingerprint density at radius 3 is 2.32 bits per heavy atom. The van der Waals surface area contributed by atoms with Crippen molar-refractivity contribution in [2.75, 3.05) is 32.8 Å². The van der Waals surface area contributed by atoms with Crippen LogP contribution in [0, 0.1) is 11.7 Å². The summed E-state index contributed by atoms with van der Waals surface area (Å²) in [7, 11) is 0. The summed E-state index contributed by atoms with van der Waals surface area (Å²) < 4.78 is 50.5. The number of carbonyl (C=O) groups is 2. The number of piperidine rings is 1. The van der Waals surface area contributed by atoms with Crippen molar-refractivity contribution in [1.29, 1.82) is 0 Å². The van der Waals surface area contributed by atoms with E-state index in [1.54, 1.807) is 29.7 Å². The molecule has 1 aromatic heterocycles. The third-order valence-electron chi connectivity index (χ3n) is 6.46. The summed E-state index contributed by atoms with van der Waals surface area (Å²) in [6, 6.07) is 10.6. The smallest absolute Gasteiger partial charge is 0.476 e. The SMILES string of the molecule is O=C(NO)c1ccc(OCCN2CCC(CNC3CC3c3ccc(F)cc3)CC2)nc1.O=C(O)C(F)(F)F. The highest BCUT2D eigenvalue weighted by molar-refractivity contribution is 5.92. The fraction of sp³-hybridized carbons (Fsp3) is 0.480. The number of benzene rings is 1. The van der Waals surface area contributed by atoms with Crippen LogP contribution >= 0.6 is 0 Å². The zero-order valence-electron chi connectivity index (χ0n) is 20.5. The molecule has 2 unspecified atom stereocenters. The number of aliphatic carboxylic acids is 1. The molecule has 2 aliphatic rings. The molecule has 13 heteroatoms. The van der Waals surface area contributed by atoms with Gasteiger partial charge in [-0.2, -0.15) is 13.2 Å². The van der Waals surface area contributed by atoms with Crippen LogP contribution in [-0.4, -0.2) is 77.1 Å². The minimum atomic E-state index is -5.08. The third kappa shape index (κ3) is 9.23. The van der Waals surface area contributed by atoms with Gasteiger partial charge in [-0.1, -0.05) is 12.1 Å². The van der Waals surface area contributed by atoms with Crippen LogP contribution in [0.4, 0.5) is 17.6 Å². The Labute approximate surface area is 216 Å². The molecule has 1 aromatic carbocycles. The van der Waals surface area contributed by atoms with Crippen LogP contribution in [0.3, 0.4) is 0 Å². The molecule has 0 spiro atoms. The number of amides is 1. The van der Waals surface area contributed by atoms with E-state index < -0.39 is 18.1 Å². The maximum absolute atomic E-state index is 13.1. The normalized spacial score (nSPS) is 19.7. The van der Waals surface area contributed by atoms with Gasteiger partial charge in [0.15, 0.2) is 0 Å². The Bertz CT molecular complexity index is 1050. The minimum Gasteiger partial charge on any atom is -0.476 e. The van der Waals surface area contributed by atoms with Crippen molar-refractivity contribution >= 4 is 11.9 Å². The number of ether oxygens (including phenoxy) is 1. The zero-order chi connectivity index (χ0) is 27.7. The molecule has 1 amide bonds. The molecule has 1 aliphatic carbocycles. The largest absolute Gasteiger partial charge is 0.490 e. The molecule has 9 nitrogen and oxygen atoms in total. The molecular formula is C25H30F4N4O5. The van der Waals surface area contributed by atoms with Gasteiger partial charge in [0.05, 0.1) is 5.56 Å². The van der Waals surface area contributed by atoms with E-state index in [-0.39, 0.29) is 11.4 Å². The minimum absolute atomic E-state index is 0.174. The van der Waals surface area contributed by atoms with Crippen LogP contribution < -0.4 is 15.5 Å². The Morgan fingerprint density at radius 1 is 1.11 bits per heavy atom. The Hall–Kier alpha value is -3.29. The van der Waals surface area contributed by atoms with E-state index in [1.165, 1.54) is 24.6 Å². The lowest BCUT2D eigenvalue weighted by atomic mass is 9.97. The number of carboxylic acid groups (broad SMARTS) is 1. The number of hydroxylamine groups is 1. The highest BCUT2D eigenvalue weighted by Gasteiger charge is 2.39. The molecule has 2 aromatic rings. The topological polar surface area (TPSA) is 124 Å². The van der Waals surface area contributed by atoms with Crippen molar-refractivity contribution in [3.63, 3.8) is 0 Å². The molecule has 0 bridgehead atoms. The number of rotatable bonds is 9.